The fourth-order valence-corrected chi connectivity index (χ4v) is 4.48. The number of carbonyl (C=O) groups excluding carboxylic acids is 2. The van der Waals surface area contributed by atoms with E-state index in [1.807, 2.05) is 61.5 Å². The number of amides is 2. The summed E-state index contributed by atoms with van der Waals surface area (Å²) < 4.78 is 10.7. The van der Waals surface area contributed by atoms with Crippen LogP contribution in [0.15, 0.2) is 54.6 Å². The van der Waals surface area contributed by atoms with Gasteiger partial charge < -0.3 is 24.8 Å². The van der Waals surface area contributed by atoms with Gasteiger partial charge in [0.15, 0.2) is 0 Å². The highest BCUT2D eigenvalue weighted by Gasteiger charge is 2.46. The zero-order valence-electron chi connectivity index (χ0n) is 21.9. The molecule has 36 heavy (non-hydrogen) atoms. The maximum absolute atomic E-state index is 13.2. The number of alkyl carbamates (subject to hydrolysis) is 1. The van der Waals surface area contributed by atoms with E-state index in [-0.39, 0.29) is 6.04 Å². The lowest BCUT2D eigenvalue weighted by Crippen LogP contribution is -2.51. The number of aliphatic hydroxyl groups is 1. The SMILES string of the molecule is COC(=O)NC(C)(C)C#Cc1ccc(C(C)N2CCC(CC(C)(C)O)(c3ccccc3)OC2=O)cc1. The Bertz CT molecular complexity index is 1130. The van der Waals surface area contributed by atoms with Crippen molar-refractivity contribution in [2.45, 2.75) is 70.2 Å². The molecule has 0 radical (unpaired) electrons. The van der Waals surface area contributed by atoms with E-state index < -0.39 is 28.9 Å². The van der Waals surface area contributed by atoms with Gasteiger partial charge in [0.1, 0.15) is 5.60 Å². The van der Waals surface area contributed by atoms with Gasteiger partial charge in [0.25, 0.3) is 0 Å². The Balaban J connectivity index is 1.74. The van der Waals surface area contributed by atoms with Gasteiger partial charge in [-0.15, -0.1) is 0 Å². The highest BCUT2D eigenvalue weighted by atomic mass is 16.6. The lowest BCUT2D eigenvalue weighted by molar-refractivity contribution is -0.101. The lowest BCUT2D eigenvalue weighted by Gasteiger charge is -2.45. The number of ether oxygens (including phenoxy) is 2. The molecule has 7 heteroatoms. The summed E-state index contributed by atoms with van der Waals surface area (Å²) in [6.07, 6.45) is -0.0535. The number of carbonyl (C=O) groups is 2. The number of nitrogens with one attached hydrogen (secondary N) is 1. The van der Waals surface area contributed by atoms with Gasteiger partial charge in [-0.3, -0.25) is 0 Å². The standard InChI is InChI=1S/C29H36N2O5/c1-21(23-14-12-22(13-15-23)16-17-27(2,3)30-25(32)35-6)31-19-18-29(36-26(31)33,20-28(4,5)34)24-10-8-7-9-11-24/h7-15,21,34H,18-20H2,1-6H3,(H,30,32). The third-order valence-corrected chi connectivity index (χ3v) is 6.27. The molecular formula is C29H36N2O5. The van der Waals surface area contributed by atoms with Crippen LogP contribution in [-0.2, 0) is 15.1 Å². The number of rotatable bonds is 6. The van der Waals surface area contributed by atoms with Gasteiger partial charge in [-0.2, -0.15) is 0 Å². The average Bonchev–Trinajstić information content (AvgIpc) is 2.82. The zero-order chi connectivity index (χ0) is 26.6. The Labute approximate surface area is 213 Å². The Morgan fingerprint density at radius 1 is 1.17 bits per heavy atom. The molecule has 1 saturated heterocycles. The maximum atomic E-state index is 13.2. The molecule has 2 atom stereocenters. The summed E-state index contributed by atoms with van der Waals surface area (Å²) in [5, 5.41) is 13.2. The van der Waals surface area contributed by atoms with Crippen LogP contribution < -0.4 is 5.32 Å². The van der Waals surface area contributed by atoms with E-state index in [1.165, 1.54) is 7.11 Å². The smallest absolute Gasteiger partial charge is 0.411 e. The molecule has 3 rings (SSSR count). The molecular weight excluding hydrogens is 456 g/mol. The first-order valence-corrected chi connectivity index (χ1v) is 12.1. The van der Waals surface area contributed by atoms with Gasteiger partial charge >= 0.3 is 12.2 Å². The summed E-state index contributed by atoms with van der Waals surface area (Å²) in [6, 6.07) is 17.1. The van der Waals surface area contributed by atoms with Gasteiger partial charge in [0.2, 0.25) is 0 Å². The van der Waals surface area contributed by atoms with E-state index in [0.717, 1.165) is 16.7 Å². The van der Waals surface area contributed by atoms with Crippen LogP contribution in [0.2, 0.25) is 0 Å². The minimum absolute atomic E-state index is 0.201. The summed E-state index contributed by atoms with van der Waals surface area (Å²) in [5.41, 5.74) is 0.0175. The average molecular weight is 493 g/mol. The molecule has 192 valence electrons. The van der Waals surface area contributed by atoms with Crippen LogP contribution in [0.25, 0.3) is 0 Å². The van der Waals surface area contributed by atoms with Crippen molar-refractivity contribution in [2.75, 3.05) is 13.7 Å². The van der Waals surface area contributed by atoms with Crippen LogP contribution in [0.3, 0.4) is 0 Å². The van der Waals surface area contributed by atoms with Gasteiger partial charge in [0.05, 0.1) is 24.3 Å². The van der Waals surface area contributed by atoms with Crippen LogP contribution in [0.5, 0.6) is 0 Å². The van der Waals surface area contributed by atoms with Crippen molar-refractivity contribution >= 4 is 12.2 Å². The summed E-state index contributed by atoms with van der Waals surface area (Å²) in [4.78, 5) is 26.4. The van der Waals surface area contributed by atoms with E-state index in [1.54, 1.807) is 32.6 Å². The first-order valence-electron chi connectivity index (χ1n) is 12.1. The number of benzene rings is 2. The van der Waals surface area contributed by atoms with E-state index in [9.17, 15) is 14.7 Å². The second-order valence-corrected chi connectivity index (χ2v) is 10.5. The van der Waals surface area contributed by atoms with Crippen molar-refractivity contribution in [1.82, 2.24) is 10.2 Å². The highest BCUT2D eigenvalue weighted by Crippen LogP contribution is 2.42. The van der Waals surface area contributed by atoms with Crippen molar-refractivity contribution in [3.63, 3.8) is 0 Å². The van der Waals surface area contributed by atoms with Crippen molar-refractivity contribution in [1.29, 1.82) is 0 Å². The van der Waals surface area contributed by atoms with Crippen LogP contribution in [0.4, 0.5) is 9.59 Å². The summed E-state index contributed by atoms with van der Waals surface area (Å²) >= 11 is 0. The second kappa shape index (κ2) is 10.6. The molecule has 2 N–H and O–H groups in total. The molecule has 0 aromatic heterocycles. The molecule has 2 aromatic carbocycles. The highest BCUT2D eigenvalue weighted by molar-refractivity contribution is 5.70. The van der Waals surface area contributed by atoms with E-state index in [4.69, 9.17) is 4.74 Å². The Morgan fingerprint density at radius 3 is 2.36 bits per heavy atom. The van der Waals surface area contributed by atoms with Gasteiger partial charge in [0, 0.05) is 24.9 Å². The Morgan fingerprint density at radius 2 is 1.81 bits per heavy atom. The summed E-state index contributed by atoms with van der Waals surface area (Å²) in [7, 11) is 1.31. The van der Waals surface area contributed by atoms with Crippen molar-refractivity contribution in [3.8, 4) is 11.8 Å². The van der Waals surface area contributed by atoms with E-state index >= 15 is 0 Å². The predicted molar refractivity (Wildman–Crippen MR) is 138 cm³/mol. The summed E-state index contributed by atoms with van der Waals surface area (Å²) in [6.45, 7) is 9.53. The van der Waals surface area contributed by atoms with Gasteiger partial charge in [-0.1, -0.05) is 54.3 Å². The zero-order valence-corrected chi connectivity index (χ0v) is 21.9. The molecule has 2 amide bonds. The third-order valence-electron chi connectivity index (χ3n) is 6.27. The predicted octanol–water partition coefficient (Wildman–Crippen LogP) is 5.13. The quantitative estimate of drug-likeness (QED) is 0.546. The fourth-order valence-electron chi connectivity index (χ4n) is 4.48. The minimum atomic E-state index is -0.998. The molecule has 7 nitrogen and oxygen atoms in total. The lowest BCUT2D eigenvalue weighted by atomic mass is 9.80. The van der Waals surface area contributed by atoms with Crippen LogP contribution in [0.1, 0.15) is 70.2 Å². The number of hydrogen-bond donors (Lipinski definition) is 2. The fraction of sp³-hybridized carbons (Fsp3) is 0.448. The number of cyclic esters (lactones) is 1. The topological polar surface area (TPSA) is 88.1 Å². The first-order chi connectivity index (χ1) is 16.8. The normalized spacial score (nSPS) is 19.0. The molecule has 0 bridgehead atoms. The molecule has 2 aromatic rings. The van der Waals surface area contributed by atoms with Crippen molar-refractivity contribution in [2.24, 2.45) is 0 Å². The molecule has 1 aliphatic heterocycles. The monoisotopic (exact) mass is 492 g/mol. The number of nitrogens with zero attached hydrogens (tertiary/aromatic N) is 1. The molecule has 0 aliphatic carbocycles. The number of methoxy groups -OCH3 is 1. The van der Waals surface area contributed by atoms with Crippen LogP contribution in [0, 0.1) is 11.8 Å². The molecule has 1 heterocycles. The van der Waals surface area contributed by atoms with E-state index in [2.05, 4.69) is 21.9 Å². The van der Waals surface area contributed by atoms with Crippen LogP contribution >= 0.6 is 0 Å². The largest absolute Gasteiger partial charge is 0.453 e. The molecule has 1 fully saturated rings. The van der Waals surface area contributed by atoms with Gasteiger partial charge in [-0.25, -0.2) is 9.59 Å². The van der Waals surface area contributed by atoms with Crippen LogP contribution in [-0.4, -0.2) is 47.0 Å². The molecule has 2 unspecified atom stereocenters. The maximum Gasteiger partial charge on any atom is 0.411 e. The minimum Gasteiger partial charge on any atom is -0.453 e. The Kier molecular flexibility index (Phi) is 8.00. The van der Waals surface area contributed by atoms with Gasteiger partial charge in [-0.05, 0) is 57.9 Å². The third kappa shape index (κ3) is 6.79. The first kappa shape index (κ1) is 27.1. The second-order valence-electron chi connectivity index (χ2n) is 10.5. The number of hydrogen-bond acceptors (Lipinski definition) is 5. The van der Waals surface area contributed by atoms with Crippen molar-refractivity contribution < 1.29 is 24.2 Å². The summed E-state index contributed by atoms with van der Waals surface area (Å²) in [5.74, 6) is 6.11. The van der Waals surface area contributed by atoms with Crippen molar-refractivity contribution in [3.05, 3.63) is 71.3 Å². The molecule has 0 saturated carbocycles. The molecule has 0 spiro atoms. The molecule has 1 aliphatic rings. The Hall–Kier alpha value is -3.50. The van der Waals surface area contributed by atoms with E-state index in [0.29, 0.717) is 19.4 Å².